The molecule has 2 rings (SSSR count). The van der Waals surface area contributed by atoms with Crippen molar-refractivity contribution in [2.75, 3.05) is 5.73 Å². The first-order valence-corrected chi connectivity index (χ1v) is 5.83. The van der Waals surface area contributed by atoms with E-state index >= 15 is 0 Å². The van der Waals surface area contributed by atoms with Gasteiger partial charge in [0.15, 0.2) is 0 Å². The largest absolute Gasteiger partial charge is 0.398 e. The second-order valence-electron chi connectivity index (χ2n) is 3.22. The molecule has 0 saturated carbocycles. The molecule has 2 aromatic carbocycles. The van der Waals surface area contributed by atoms with E-state index in [1.807, 2.05) is 30.3 Å². The number of benzene rings is 2. The molecule has 0 heterocycles. The van der Waals surface area contributed by atoms with Crippen molar-refractivity contribution in [3.8, 4) is 0 Å². The average Bonchev–Trinajstić information content (AvgIpc) is 2.27. The van der Waals surface area contributed by atoms with E-state index < -0.39 is 5.82 Å². The Balaban J connectivity index is 2.32. The molecule has 0 aromatic heterocycles. The lowest BCUT2D eigenvalue weighted by molar-refractivity contribution is 0.628. The van der Waals surface area contributed by atoms with Crippen molar-refractivity contribution in [2.24, 2.45) is 0 Å². The number of nitrogen functional groups attached to an aromatic ring is 1. The van der Waals surface area contributed by atoms with E-state index in [0.29, 0.717) is 5.69 Å². The van der Waals surface area contributed by atoms with E-state index in [1.54, 1.807) is 6.07 Å². The highest BCUT2D eigenvalue weighted by molar-refractivity contribution is 7.99. The molecule has 0 aliphatic heterocycles. The molecule has 1 nitrogen and oxygen atoms in total. The minimum Gasteiger partial charge on any atom is -0.398 e. The third-order valence-electron chi connectivity index (χ3n) is 2.02. The monoisotopic (exact) mass is 253 g/mol. The summed E-state index contributed by atoms with van der Waals surface area (Å²) >= 11 is 7.17. The standard InChI is InChI=1S/C12H9ClFNS/c13-9-6-12(11(15)7-10(9)14)16-8-4-2-1-3-5-8/h1-7H,15H2. The molecule has 0 aliphatic rings. The summed E-state index contributed by atoms with van der Waals surface area (Å²) in [7, 11) is 0. The van der Waals surface area contributed by atoms with Gasteiger partial charge in [0, 0.05) is 15.5 Å². The summed E-state index contributed by atoms with van der Waals surface area (Å²) in [6.45, 7) is 0. The maximum Gasteiger partial charge on any atom is 0.143 e. The minimum absolute atomic E-state index is 0.0904. The van der Waals surface area contributed by atoms with E-state index in [0.717, 1.165) is 9.79 Å². The van der Waals surface area contributed by atoms with Crippen LogP contribution >= 0.6 is 23.4 Å². The van der Waals surface area contributed by atoms with Gasteiger partial charge in [0.05, 0.1) is 5.02 Å². The number of rotatable bonds is 2. The zero-order valence-electron chi connectivity index (χ0n) is 8.28. The molecule has 0 saturated heterocycles. The molecule has 0 bridgehead atoms. The van der Waals surface area contributed by atoms with Crippen LogP contribution in [0.15, 0.2) is 52.3 Å². The van der Waals surface area contributed by atoms with Gasteiger partial charge in [-0.25, -0.2) is 4.39 Å². The molecular weight excluding hydrogens is 245 g/mol. The Kier molecular flexibility index (Phi) is 3.36. The molecule has 0 amide bonds. The number of hydrogen-bond donors (Lipinski definition) is 1. The highest BCUT2D eigenvalue weighted by atomic mass is 35.5. The van der Waals surface area contributed by atoms with Gasteiger partial charge in [-0.3, -0.25) is 0 Å². The number of nitrogens with two attached hydrogens (primary N) is 1. The Morgan fingerprint density at radius 1 is 1.12 bits per heavy atom. The minimum atomic E-state index is -0.489. The lowest BCUT2D eigenvalue weighted by Crippen LogP contribution is -1.90. The van der Waals surface area contributed by atoms with Gasteiger partial charge in [-0.1, -0.05) is 41.6 Å². The second-order valence-corrected chi connectivity index (χ2v) is 4.74. The van der Waals surface area contributed by atoms with Crippen molar-refractivity contribution >= 4 is 29.1 Å². The van der Waals surface area contributed by atoms with Crippen LogP contribution in [-0.2, 0) is 0 Å². The van der Waals surface area contributed by atoms with Crippen LogP contribution in [0, 0.1) is 5.82 Å². The van der Waals surface area contributed by atoms with Gasteiger partial charge in [-0.05, 0) is 24.3 Å². The molecule has 16 heavy (non-hydrogen) atoms. The van der Waals surface area contributed by atoms with E-state index in [2.05, 4.69) is 0 Å². The van der Waals surface area contributed by atoms with Crippen molar-refractivity contribution in [3.05, 3.63) is 53.3 Å². The fraction of sp³-hybridized carbons (Fsp3) is 0. The molecule has 82 valence electrons. The van der Waals surface area contributed by atoms with Crippen LogP contribution in [0.25, 0.3) is 0 Å². The molecule has 0 unspecified atom stereocenters. The Morgan fingerprint density at radius 3 is 2.50 bits per heavy atom. The Morgan fingerprint density at radius 2 is 1.81 bits per heavy atom. The highest BCUT2D eigenvalue weighted by Gasteiger charge is 2.07. The van der Waals surface area contributed by atoms with Crippen molar-refractivity contribution in [2.45, 2.75) is 9.79 Å². The highest BCUT2D eigenvalue weighted by Crippen LogP contribution is 2.34. The molecule has 0 aliphatic carbocycles. The Hall–Kier alpha value is -1.19. The SMILES string of the molecule is Nc1cc(F)c(Cl)cc1Sc1ccccc1. The summed E-state index contributed by atoms with van der Waals surface area (Å²) in [5.74, 6) is -0.489. The van der Waals surface area contributed by atoms with Crippen LogP contribution < -0.4 is 5.73 Å². The van der Waals surface area contributed by atoms with Crippen LogP contribution in [-0.4, -0.2) is 0 Å². The quantitative estimate of drug-likeness (QED) is 0.812. The van der Waals surface area contributed by atoms with Crippen LogP contribution in [0.4, 0.5) is 10.1 Å². The first-order valence-electron chi connectivity index (χ1n) is 4.64. The summed E-state index contributed by atoms with van der Waals surface area (Å²) in [5.41, 5.74) is 6.12. The zero-order valence-corrected chi connectivity index (χ0v) is 9.86. The molecule has 2 N–H and O–H groups in total. The summed E-state index contributed by atoms with van der Waals surface area (Å²) in [6, 6.07) is 12.5. The maximum atomic E-state index is 13.1. The van der Waals surface area contributed by atoms with Gasteiger partial charge >= 0.3 is 0 Å². The zero-order chi connectivity index (χ0) is 11.5. The summed E-state index contributed by atoms with van der Waals surface area (Å²) in [5, 5.41) is 0.0904. The van der Waals surface area contributed by atoms with Crippen molar-refractivity contribution < 1.29 is 4.39 Å². The van der Waals surface area contributed by atoms with Gasteiger partial charge in [0.2, 0.25) is 0 Å². The van der Waals surface area contributed by atoms with Crippen molar-refractivity contribution in [1.29, 1.82) is 0 Å². The number of hydrogen-bond acceptors (Lipinski definition) is 2. The van der Waals surface area contributed by atoms with Crippen molar-refractivity contribution in [3.63, 3.8) is 0 Å². The van der Waals surface area contributed by atoms with Crippen LogP contribution in [0.1, 0.15) is 0 Å². The molecule has 0 fully saturated rings. The van der Waals surface area contributed by atoms with Crippen LogP contribution in [0.2, 0.25) is 5.02 Å². The molecule has 0 spiro atoms. The summed E-state index contributed by atoms with van der Waals surface area (Å²) < 4.78 is 13.1. The first-order chi connectivity index (χ1) is 7.66. The molecule has 4 heteroatoms. The van der Waals surface area contributed by atoms with E-state index in [1.165, 1.54) is 17.8 Å². The number of anilines is 1. The fourth-order valence-electron chi connectivity index (χ4n) is 1.25. The first kappa shape index (κ1) is 11.3. The second kappa shape index (κ2) is 4.76. The molecular formula is C12H9ClFNS. The van der Waals surface area contributed by atoms with Gasteiger partial charge in [0.1, 0.15) is 5.82 Å². The molecule has 0 atom stereocenters. The summed E-state index contributed by atoms with van der Waals surface area (Å²) in [6.07, 6.45) is 0. The smallest absolute Gasteiger partial charge is 0.143 e. The van der Waals surface area contributed by atoms with E-state index in [4.69, 9.17) is 17.3 Å². The topological polar surface area (TPSA) is 26.0 Å². The third kappa shape index (κ3) is 2.49. The van der Waals surface area contributed by atoms with Crippen LogP contribution in [0.5, 0.6) is 0 Å². The van der Waals surface area contributed by atoms with Crippen LogP contribution in [0.3, 0.4) is 0 Å². The normalized spacial score (nSPS) is 10.4. The van der Waals surface area contributed by atoms with E-state index in [-0.39, 0.29) is 5.02 Å². The third-order valence-corrected chi connectivity index (χ3v) is 3.39. The van der Waals surface area contributed by atoms with Gasteiger partial charge in [-0.2, -0.15) is 0 Å². The Labute approximate surface area is 102 Å². The summed E-state index contributed by atoms with van der Waals surface area (Å²) in [4.78, 5) is 1.80. The van der Waals surface area contributed by atoms with E-state index in [9.17, 15) is 4.39 Å². The number of halogens is 2. The Bertz CT molecular complexity index is 502. The van der Waals surface area contributed by atoms with Gasteiger partial charge < -0.3 is 5.73 Å². The maximum absolute atomic E-state index is 13.1. The van der Waals surface area contributed by atoms with Gasteiger partial charge in [-0.15, -0.1) is 0 Å². The van der Waals surface area contributed by atoms with Gasteiger partial charge in [0.25, 0.3) is 0 Å². The predicted octanol–water partition coefficient (Wildman–Crippen LogP) is 4.21. The average molecular weight is 254 g/mol. The predicted molar refractivity (Wildman–Crippen MR) is 66.4 cm³/mol. The lowest BCUT2D eigenvalue weighted by Gasteiger charge is -2.06. The fourth-order valence-corrected chi connectivity index (χ4v) is 2.38. The molecule has 0 radical (unpaired) electrons. The molecule has 2 aromatic rings. The lowest BCUT2D eigenvalue weighted by atomic mass is 10.3. The van der Waals surface area contributed by atoms with Crippen molar-refractivity contribution in [1.82, 2.24) is 0 Å².